The Labute approximate surface area is 117 Å². The van der Waals surface area contributed by atoms with Crippen molar-refractivity contribution in [1.29, 1.82) is 0 Å². The zero-order valence-corrected chi connectivity index (χ0v) is 13.0. The zero-order chi connectivity index (χ0) is 14.6. The number of ether oxygens (including phenoxy) is 1. The Morgan fingerprint density at radius 2 is 2.11 bits per heavy atom. The average molecular weight is 306 g/mol. The summed E-state index contributed by atoms with van der Waals surface area (Å²) in [6, 6.07) is 0. The van der Waals surface area contributed by atoms with Crippen molar-refractivity contribution in [3.8, 4) is 0 Å². The SMILES string of the molecule is COCC(C)S(=O)(=O)NC(=O)c1csc(C(C)C)n1. The minimum absolute atomic E-state index is 0.0247. The van der Waals surface area contributed by atoms with Crippen LogP contribution in [0.2, 0.25) is 0 Å². The molecule has 1 aromatic heterocycles. The topological polar surface area (TPSA) is 85.4 Å². The van der Waals surface area contributed by atoms with Crippen LogP contribution >= 0.6 is 11.3 Å². The molecule has 0 saturated heterocycles. The molecule has 6 nitrogen and oxygen atoms in total. The van der Waals surface area contributed by atoms with Crippen molar-refractivity contribution in [3.63, 3.8) is 0 Å². The van der Waals surface area contributed by atoms with E-state index in [1.807, 2.05) is 18.6 Å². The number of sulfonamides is 1. The first-order chi connectivity index (χ1) is 8.77. The van der Waals surface area contributed by atoms with E-state index in [1.165, 1.54) is 25.4 Å². The second-order valence-electron chi connectivity index (χ2n) is 4.47. The van der Waals surface area contributed by atoms with Crippen LogP contribution in [0.3, 0.4) is 0 Å². The fourth-order valence-corrected chi connectivity index (χ4v) is 2.96. The monoisotopic (exact) mass is 306 g/mol. The largest absolute Gasteiger partial charge is 0.383 e. The van der Waals surface area contributed by atoms with Gasteiger partial charge in [-0.25, -0.2) is 18.1 Å². The third-order valence-electron chi connectivity index (χ3n) is 2.41. The van der Waals surface area contributed by atoms with Crippen molar-refractivity contribution in [1.82, 2.24) is 9.71 Å². The molecule has 1 amide bonds. The molecule has 1 heterocycles. The summed E-state index contributed by atoms with van der Waals surface area (Å²) in [4.78, 5) is 15.9. The smallest absolute Gasteiger partial charge is 0.284 e. The van der Waals surface area contributed by atoms with Crippen molar-refractivity contribution >= 4 is 27.3 Å². The highest BCUT2D eigenvalue weighted by atomic mass is 32.2. The van der Waals surface area contributed by atoms with Gasteiger partial charge in [0.2, 0.25) is 10.0 Å². The Morgan fingerprint density at radius 1 is 1.47 bits per heavy atom. The molecule has 0 aliphatic carbocycles. The molecule has 0 aromatic carbocycles. The Balaban J connectivity index is 2.79. The number of carbonyl (C=O) groups excluding carboxylic acids is 1. The molecule has 0 saturated carbocycles. The summed E-state index contributed by atoms with van der Waals surface area (Å²) in [6.45, 7) is 5.41. The first-order valence-corrected chi connectivity index (χ1v) is 8.20. The second kappa shape index (κ2) is 6.44. The molecule has 0 aliphatic rings. The summed E-state index contributed by atoms with van der Waals surface area (Å²) < 4.78 is 30.4. The number of amides is 1. The number of aromatic nitrogens is 1. The number of nitrogens with zero attached hydrogens (tertiary/aromatic N) is 1. The quantitative estimate of drug-likeness (QED) is 0.857. The van der Waals surface area contributed by atoms with Gasteiger partial charge in [-0.1, -0.05) is 13.8 Å². The Morgan fingerprint density at radius 3 is 2.58 bits per heavy atom. The lowest BCUT2D eigenvalue weighted by molar-refractivity contribution is 0.0976. The van der Waals surface area contributed by atoms with E-state index in [4.69, 9.17) is 4.74 Å². The van der Waals surface area contributed by atoms with Gasteiger partial charge in [-0.2, -0.15) is 0 Å². The van der Waals surface area contributed by atoms with Gasteiger partial charge in [0.05, 0.1) is 11.6 Å². The van der Waals surface area contributed by atoms with Gasteiger partial charge >= 0.3 is 0 Å². The fraction of sp³-hybridized carbons (Fsp3) is 0.636. The molecule has 0 radical (unpaired) electrons. The molecule has 1 rings (SSSR count). The van der Waals surface area contributed by atoms with Gasteiger partial charge in [-0.15, -0.1) is 11.3 Å². The molecule has 108 valence electrons. The van der Waals surface area contributed by atoms with Gasteiger partial charge in [0, 0.05) is 18.4 Å². The molecule has 1 atom stereocenters. The van der Waals surface area contributed by atoms with Crippen LogP contribution in [0.25, 0.3) is 0 Å². The molecule has 19 heavy (non-hydrogen) atoms. The Kier molecular flexibility index (Phi) is 5.45. The summed E-state index contributed by atoms with van der Waals surface area (Å²) in [7, 11) is -2.33. The predicted octanol–water partition coefficient (Wildman–Crippen LogP) is 1.36. The van der Waals surface area contributed by atoms with Crippen LogP contribution in [0.4, 0.5) is 0 Å². The lowest BCUT2D eigenvalue weighted by Crippen LogP contribution is -2.39. The van der Waals surface area contributed by atoms with Crippen LogP contribution in [-0.4, -0.2) is 38.3 Å². The number of rotatable bonds is 6. The molecule has 8 heteroatoms. The first-order valence-electron chi connectivity index (χ1n) is 5.78. The highest BCUT2D eigenvalue weighted by molar-refractivity contribution is 7.90. The molecule has 1 aromatic rings. The van der Waals surface area contributed by atoms with Crippen LogP contribution in [0.15, 0.2) is 5.38 Å². The number of nitrogens with one attached hydrogen (secondary N) is 1. The molecule has 0 bridgehead atoms. The zero-order valence-electron chi connectivity index (χ0n) is 11.3. The van der Waals surface area contributed by atoms with Crippen LogP contribution in [0.5, 0.6) is 0 Å². The molecular formula is C11H18N2O4S2. The molecule has 0 aliphatic heterocycles. The van der Waals surface area contributed by atoms with Gasteiger partial charge < -0.3 is 4.74 Å². The highest BCUT2D eigenvalue weighted by Gasteiger charge is 2.24. The van der Waals surface area contributed by atoms with Crippen molar-refractivity contribution in [2.75, 3.05) is 13.7 Å². The van der Waals surface area contributed by atoms with E-state index in [0.717, 1.165) is 5.01 Å². The van der Waals surface area contributed by atoms with Gasteiger partial charge in [-0.3, -0.25) is 4.79 Å². The summed E-state index contributed by atoms with van der Waals surface area (Å²) in [5.41, 5.74) is 0.127. The first kappa shape index (κ1) is 16.1. The van der Waals surface area contributed by atoms with Crippen molar-refractivity contribution < 1.29 is 17.9 Å². The summed E-state index contributed by atoms with van der Waals surface area (Å²) >= 11 is 1.34. The fourth-order valence-electron chi connectivity index (χ4n) is 1.26. The van der Waals surface area contributed by atoms with E-state index in [0.29, 0.717) is 0 Å². The number of thiazole rings is 1. The number of hydrogen-bond acceptors (Lipinski definition) is 6. The van der Waals surface area contributed by atoms with Crippen LogP contribution in [0, 0.1) is 0 Å². The van der Waals surface area contributed by atoms with Gasteiger partial charge in [0.15, 0.2) is 0 Å². The number of hydrogen-bond donors (Lipinski definition) is 1. The Hall–Kier alpha value is -0.990. The third-order valence-corrected chi connectivity index (χ3v) is 5.23. The van der Waals surface area contributed by atoms with Crippen molar-refractivity contribution in [2.24, 2.45) is 0 Å². The maximum absolute atomic E-state index is 11.8. The molecule has 1 unspecified atom stereocenters. The minimum atomic E-state index is -3.74. The average Bonchev–Trinajstić information content (AvgIpc) is 2.78. The lowest BCUT2D eigenvalue weighted by Gasteiger charge is -2.12. The van der Waals surface area contributed by atoms with Crippen molar-refractivity contribution in [3.05, 3.63) is 16.1 Å². The standard InChI is InChI=1S/C11H18N2O4S2/c1-7(2)11-12-9(6-18-11)10(14)13-19(15,16)8(3)5-17-4/h6-8H,5H2,1-4H3,(H,13,14). The summed E-state index contributed by atoms with van der Waals surface area (Å²) in [5, 5.41) is 1.55. The van der Waals surface area contributed by atoms with E-state index in [-0.39, 0.29) is 18.2 Å². The summed E-state index contributed by atoms with van der Waals surface area (Å²) in [6.07, 6.45) is 0. The maximum Gasteiger partial charge on any atom is 0.284 e. The third kappa shape index (κ3) is 4.26. The van der Waals surface area contributed by atoms with Crippen LogP contribution < -0.4 is 4.72 Å². The maximum atomic E-state index is 11.8. The van der Waals surface area contributed by atoms with E-state index in [2.05, 4.69) is 4.98 Å². The lowest BCUT2D eigenvalue weighted by atomic mass is 10.2. The van der Waals surface area contributed by atoms with Crippen molar-refractivity contribution in [2.45, 2.75) is 31.9 Å². The van der Waals surface area contributed by atoms with Crippen LogP contribution in [0.1, 0.15) is 42.2 Å². The number of methoxy groups -OCH3 is 1. The van der Waals surface area contributed by atoms with Crippen LogP contribution in [-0.2, 0) is 14.8 Å². The van der Waals surface area contributed by atoms with Gasteiger partial charge in [0.1, 0.15) is 10.9 Å². The highest BCUT2D eigenvalue weighted by Crippen LogP contribution is 2.19. The molecular weight excluding hydrogens is 288 g/mol. The van der Waals surface area contributed by atoms with E-state index in [9.17, 15) is 13.2 Å². The second-order valence-corrected chi connectivity index (χ2v) is 7.46. The van der Waals surface area contributed by atoms with E-state index >= 15 is 0 Å². The van der Waals surface area contributed by atoms with E-state index < -0.39 is 21.2 Å². The van der Waals surface area contributed by atoms with E-state index in [1.54, 1.807) is 5.38 Å². The minimum Gasteiger partial charge on any atom is -0.383 e. The number of carbonyl (C=O) groups is 1. The summed E-state index contributed by atoms with van der Waals surface area (Å²) in [5.74, 6) is -0.498. The normalized spacial score (nSPS) is 13.5. The molecule has 1 N–H and O–H groups in total. The van der Waals surface area contributed by atoms with Gasteiger partial charge in [-0.05, 0) is 6.92 Å². The molecule has 0 fully saturated rings. The molecule has 0 spiro atoms. The Bertz CT molecular complexity index is 537. The predicted molar refractivity (Wildman–Crippen MR) is 73.9 cm³/mol. The van der Waals surface area contributed by atoms with Gasteiger partial charge in [0.25, 0.3) is 5.91 Å².